The molecule has 2 rings (SSSR count). The molecule has 0 saturated carbocycles. The fourth-order valence-corrected chi connectivity index (χ4v) is 1.69. The fourth-order valence-electron chi connectivity index (χ4n) is 1.69. The topological polar surface area (TPSA) is 40.5 Å². The van der Waals surface area contributed by atoms with E-state index in [1.54, 1.807) is 18.0 Å². The van der Waals surface area contributed by atoms with E-state index in [0.717, 1.165) is 11.8 Å². The summed E-state index contributed by atoms with van der Waals surface area (Å²) in [5.74, 6) is -2.00. The maximum absolute atomic E-state index is 13.3. The minimum absolute atomic E-state index is 0.324. The minimum Gasteiger partial charge on any atom is -0.478 e. The van der Waals surface area contributed by atoms with Crippen molar-refractivity contribution in [2.75, 3.05) is 11.9 Å². The highest BCUT2D eigenvalue weighted by molar-refractivity contribution is 5.89. The highest BCUT2D eigenvalue weighted by Crippen LogP contribution is 2.25. The van der Waals surface area contributed by atoms with Gasteiger partial charge in [0.2, 0.25) is 0 Å². The van der Waals surface area contributed by atoms with Crippen LogP contribution in [0.15, 0.2) is 48.5 Å². The van der Waals surface area contributed by atoms with E-state index in [0.29, 0.717) is 5.69 Å². The molecule has 92 valence electrons. The number of carboxylic acids is 1. The number of halogens is 1. The van der Waals surface area contributed by atoms with E-state index < -0.39 is 11.8 Å². The third-order valence-electron chi connectivity index (χ3n) is 2.71. The van der Waals surface area contributed by atoms with Gasteiger partial charge in [-0.05, 0) is 30.3 Å². The summed E-state index contributed by atoms with van der Waals surface area (Å²) in [5, 5.41) is 8.88. The first-order valence-corrected chi connectivity index (χ1v) is 5.41. The normalized spacial score (nSPS) is 10.1. The number of anilines is 2. The first-order valence-electron chi connectivity index (χ1n) is 5.41. The molecule has 0 radical (unpaired) electrons. The summed E-state index contributed by atoms with van der Waals surface area (Å²) < 4.78 is 13.3. The van der Waals surface area contributed by atoms with Crippen LogP contribution < -0.4 is 4.90 Å². The van der Waals surface area contributed by atoms with Gasteiger partial charge in [0.15, 0.2) is 0 Å². The molecule has 0 saturated heterocycles. The molecule has 0 aliphatic rings. The van der Waals surface area contributed by atoms with Crippen LogP contribution in [0.3, 0.4) is 0 Å². The number of para-hydroxylation sites is 1. The fraction of sp³-hybridized carbons (Fsp3) is 0.0714. The summed E-state index contributed by atoms with van der Waals surface area (Å²) in [6.45, 7) is 0. The van der Waals surface area contributed by atoms with E-state index >= 15 is 0 Å². The predicted octanol–water partition coefficient (Wildman–Crippen LogP) is 3.29. The molecular weight excluding hydrogens is 233 g/mol. The summed E-state index contributed by atoms with van der Waals surface area (Å²) in [5.41, 5.74) is 1.20. The second kappa shape index (κ2) is 4.87. The maximum Gasteiger partial charge on any atom is 0.338 e. The molecule has 0 fully saturated rings. The van der Waals surface area contributed by atoms with Gasteiger partial charge in [-0.1, -0.05) is 18.2 Å². The lowest BCUT2D eigenvalue weighted by Crippen LogP contribution is -2.11. The number of hydrogen-bond donors (Lipinski definition) is 1. The average Bonchev–Trinajstić information content (AvgIpc) is 2.39. The van der Waals surface area contributed by atoms with E-state index in [1.165, 1.54) is 6.07 Å². The molecule has 0 heterocycles. The first kappa shape index (κ1) is 12.1. The van der Waals surface area contributed by atoms with E-state index in [-0.39, 0.29) is 5.56 Å². The molecule has 0 atom stereocenters. The molecule has 2 aromatic carbocycles. The zero-order valence-electron chi connectivity index (χ0n) is 9.80. The van der Waals surface area contributed by atoms with Crippen LogP contribution in [-0.2, 0) is 0 Å². The van der Waals surface area contributed by atoms with Crippen LogP contribution in [0.5, 0.6) is 0 Å². The van der Waals surface area contributed by atoms with Crippen LogP contribution in [0.25, 0.3) is 0 Å². The van der Waals surface area contributed by atoms with Crippen LogP contribution >= 0.6 is 0 Å². The number of aromatic carboxylic acids is 1. The van der Waals surface area contributed by atoms with E-state index in [1.807, 2.05) is 30.3 Å². The summed E-state index contributed by atoms with van der Waals surface area (Å²) in [6, 6.07) is 13.5. The Kier molecular flexibility index (Phi) is 3.28. The molecule has 0 aliphatic carbocycles. The third kappa shape index (κ3) is 2.32. The Bertz CT molecular complexity index is 569. The van der Waals surface area contributed by atoms with Gasteiger partial charge < -0.3 is 10.0 Å². The summed E-state index contributed by atoms with van der Waals surface area (Å²) >= 11 is 0. The van der Waals surface area contributed by atoms with Crippen molar-refractivity contribution in [2.24, 2.45) is 0 Å². The van der Waals surface area contributed by atoms with Crippen molar-refractivity contribution in [1.29, 1.82) is 0 Å². The number of carboxylic acid groups (broad SMARTS) is 1. The Hall–Kier alpha value is -2.36. The Labute approximate surface area is 104 Å². The van der Waals surface area contributed by atoms with Crippen LogP contribution in [0, 0.1) is 5.82 Å². The molecule has 18 heavy (non-hydrogen) atoms. The zero-order chi connectivity index (χ0) is 13.1. The van der Waals surface area contributed by atoms with Gasteiger partial charge in [0.05, 0.1) is 5.56 Å². The number of nitrogens with zero attached hydrogens (tertiary/aromatic N) is 1. The van der Waals surface area contributed by atoms with Crippen molar-refractivity contribution >= 4 is 17.3 Å². The Morgan fingerprint density at radius 2 is 1.78 bits per heavy atom. The Balaban J connectivity index is 2.40. The van der Waals surface area contributed by atoms with Gasteiger partial charge in [-0.2, -0.15) is 0 Å². The Morgan fingerprint density at radius 3 is 2.39 bits per heavy atom. The molecule has 0 amide bonds. The van der Waals surface area contributed by atoms with Crippen molar-refractivity contribution in [1.82, 2.24) is 0 Å². The van der Waals surface area contributed by atoms with Crippen LogP contribution in [-0.4, -0.2) is 18.1 Å². The highest BCUT2D eigenvalue weighted by Gasteiger charge is 2.13. The molecule has 0 unspecified atom stereocenters. The summed E-state index contributed by atoms with van der Waals surface area (Å²) in [6.07, 6.45) is 0. The molecule has 1 N–H and O–H groups in total. The minimum atomic E-state index is -1.27. The van der Waals surface area contributed by atoms with Crippen LogP contribution in [0.2, 0.25) is 0 Å². The van der Waals surface area contributed by atoms with E-state index in [2.05, 4.69) is 0 Å². The van der Waals surface area contributed by atoms with Gasteiger partial charge in [-0.15, -0.1) is 0 Å². The van der Waals surface area contributed by atoms with Gasteiger partial charge in [0, 0.05) is 18.4 Å². The van der Waals surface area contributed by atoms with Gasteiger partial charge in [-0.3, -0.25) is 0 Å². The van der Waals surface area contributed by atoms with Gasteiger partial charge in [0.1, 0.15) is 5.82 Å². The van der Waals surface area contributed by atoms with Gasteiger partial charge in [-0.25, -0.2) is 9.18 Å². The van der Waals surface area contributed by atoms with Crippen molar-refractivity contribution < 1.29 is 14.3 Å². The lowest BCUT2D eigenvalue weighted by molar-refractivity contribution is 0.0692. The number of carbonyl (C=O) groups is 1. The second-order valence-corrected chi connectivity index (χ2v) is 3.86. The molecule has 3 nitrogen and oxygen atoms in total. The SMILES string of the molecule is CN(c1ccccc1)c1ccc(F)c(C(=O)O)c1. The molecule has 4 heteroatoms. The lowest BCUT2D eigenvalue weighted by Gasteiger charge is -2.19. The number of benzene rings is 2. The average molecular weight is 245 g/mol. The third-order valence-corrected chi connectivity index (χ3v) is 2.71. The van der Waals surface area contributed by atoms with Gasteiger partial charge in [0.25, 0.3) is 0 Å². The highest BCUT2D eigenvalue weighted by atomic mass is 19.1. The summed E-state index contributed by atoms with van der Waals surface area (Å²) in [7, 11) is 1.80. The molecule has 0 aromatic heterocycles. The van der Waals surface area contributed by atoms with Crippen molar-refractivity contribution in [3.63, 3.8) is 0 Å². The molecular formula is C14H12FNO2. The standard InChI is InChI=1S/C14H12FNO2/c1-16(10-5-3-2-4-6-10)11-7-8-13(15)12(9-11)14(17)18/h2-9H,1H3,(H,17,18). The molecule has 2 aromatic rings. The van der Waals surface area contributed by atoms with Crippen molar-refractivity contribution in [3.05, 3.63) is 59.9 Å². The van der Waals surface area contributed by atoms with Crippen LogP contribution in [0.4, 0.5) is 15.8 Å². The Morgan fingerprint density at radius 1 is 1.11 bits per heavy atom. The predicted molar refractivity (Wildman–Crippen MR) is 67.9 cm³/mol. The van der Waals surface area contributed by atoms with Crippen molar-refractivity contribution in [3.8, 4) is 0 Å². The van der Waals surface area contributed by atoms with Gasteiger partial charge >= 0.3 is 5.97 Å². The number of rotatable bonds is 3. The van der Waals surface area contributed by atoms with E-state index in [9.17, 15) is 9.18 Å². The molecule has 0 bridgehead atoms. The van der Waals surface area contributed by atoms with Crippen molar-refractivity contribution in [2.45, 2.75) is 0 Å². The number of hydrogen-bond acceptors (Lipinski definition) is 2. The quantitative estimate of drug-likeness (QED) is 0.902. The maximum atomic E-state index is 13.3. The smallest absolute Gasteiger partial charge is 0.338 e. The van der Waals surface area contributed by atoms with Crippen LogP contribution in [0.1, 0.15) is 10.4 Å². The van der Waals surface area contributed by atoms with E-state index in [4.69, 9.17) is 5.11 Å². The molecule has 0 spiro atoms. The largest absolute Gasteiger partial charge is 0.478 e. The zero-order valence-corrected chi connectivity index (χ0v) is 9.80. The lowest BCUT2D eigenvalue weighted by atomic mass is 10.1. The first-order chi connectivity index (χ1) is 8.59. The monoisotopic (exact) mass is 245 g/mol. The second-order valence-electron chi connectivity index (χ2n) is 3.86. The molecule has 0 aliphatic heterocycles. The summed E-state index contributed by atoms with van der Waals surface area (Å²) in [4.78, 5) is 12.7.